The fraction of sp³-hybridized carbons (Fsp3) is 0.195. The molecule has 0 amide bonds. The highest BCUT2D eigenvalue weighted by Gasteiger charge is 2.16. The summed E-state index contributed by atoms with van der Waals surface area (Å²) in [6.45, 7) is 50.4. The highest BCUT2D eigenvalue weighted by molar-refractivity contribution is 6.09. The molecule has 13 heterocycles. The van der Waals surface area contributed by atoms with E-state index in [0.717, 1.165) is 138 Å². The smallest absolute Gasteiger partial charge is 0.0968 e. The van der Waals surface area contributed by atoms with Gasteiger partial charge in [-0.05, 0) is 388 Å². The van der Waals surface area contributed by atoms with E-state index in [-0.39, 0.29) is 0 Å². The number of hydrogen-bond acceptors (Lipinski definition) is 13. The van der Waals surface area contributed by atoms with Crippen molar-refractivity contribution in [2.45, 2.75) is 166 Å². The highest BCUT2D eigenvalue weighted by Crippen LogP contribution is 2.35. The van der Waals surface area contributed by atoms with Crippen LogP contribution in [0.25, 0.3) is 174 Å². The molecule has 24 rings (SSSR count). The summed E-state index contributed by atoms with van der Waals surface area (Å²) in [5.41, 5.74) is 46.0. The van der Waals surface area contributed by atoms with Crippen LogP contribution >= 0.6 is 0 Å². The second kappa shape index (κ2) is 38.6. The Bertz CT molecular complexity index is 8540. The number of rotatable bonds is 0. The lowest BCUT2D eigenvalue weighted by Gasteiger charge is -2.09. The lowest BCUT2D eigenvalue weighted by atomic mass is 10.00. The van der Waals surface area contributed by atoms with Crippen LogP contribution in [0.1, 0.15) is 134 Å². The number of pyridine rings is 13. The molecule has 0 saturated heterocycles. The molecule has 0 aliphatic rings. The first-order chi connectivity index (χ1) is 65.2. The Labute approximate surface area is 795 Å². The van der Waals surface area contributed by atoms with E-state index in [1.165, 1.54) is 170 Å². The maximum Gasteiger partial charge on any atom is 0.0968 e. The van der Waals surface area contributed by atoms with E-state index in [4.69, 9.17) is 15.0 Å². The van der Waals surface area contributed by atoms with E-state index in [1.807, 2.05) is 95.9 Å². The lowest BCUT2D eigenvalue weighted by Crippen LogP contribution is -1.91. The zero-order valence-electron chi connectivity index (χ0n) is 82.6. The van der Waals surface area contributed by atoms with Gasteiger partial charge in [0.05, 0.1) is 88.3 Å². The van der Waals surface area contributed by atoms with Crippen molar-refractivity contribution in [1.82, 2.24) is 64.8 Å². The van der Waals surface area contributed by atoms with Gasteiger partial charge < -0.3 is 0 Å². The van der Waals surface area contributed by atoms with Crippen molar-refractivity contribution in [2.75, 3.05) is 0 Å². The minimum absolute atomic E-state index is 0.996. The summed E-state index contributed by atoms with van der Waals surface area (Å²) in [5, 5.41) is 19.2. The first kappa shape index (κ1) is 92.4. The molecule has 136 heavy (non-hydrogen) atoms. The monoisotopic (exact) mass is 1770 g/mol. The molecule has 11 aromatic carbocycles. The molecule has 0 fully saturated rings. The molecular weight excluding hydrogens is 1660 g/mol. The number of benzene rings is 11. The molecule has 0 spiro atoms. The van der Waals surface area contributed by atoms with Crippen molar-refractivity contribution in [3.63, 3.8) is 0 Å². The molecule has 0 saturated carbocycles. The Morgan fingerprint density at radius 1 is 0.154 bits per heavy atom. The van der Waals surface area contributed by atoms with Gasteiger partial charge in [0.1, 0.15) is 0 Å². The molecule has 13 aromatic heterocycles. The summed E-state index contributed by atoms with van der Waals surface area (Å²) in [7, 11) is 0. The Balaban J connectivity index is 0.000000108. The largest absolute Gasteiger partial charge is 0.254 e. The summed E-state index contributed by atoms with van der Waals surface area (Å²) in [4.78, 5) is 60.0. The third-order valence-corrected chi connectivity index (χ3v) is 27.0. The Kier molecular flexibility index (Phi) is 26.2. The molecule has 0 atom stereocenters. The van der Waals surface area contributed by atoms with E-state index in [0.29, 0.717) is 0 Å². The first-order valence-corrected chi connectivity index (χ1v) is 46.7. The van der Waals surface area contributed by atoms with Gasteiger partial charge in [0, 0.05) is 146 Å². The van der Waals surface area contributed by atoms with Crippen LogP contribution in [0.15, 0.2) is 262 Å². The molecule has 0 radical (unpaired) electrons. The van der Waals surface area contributed by atoms with Crippen molar-refractivity contribution in [1.29, 1.82) is 0 Å². The maximum absolute atomic E-state index is 4.74. The number of aromatic nitrogens is 13. The summed E-state index contributed by atoms with van der Waals surface area (Å²) in [6.07, 6.45) is 9.48. The minimum Gasteiger partial charge on any atom is -0.254 e. The van der Waals surface area contributed by atoms with Crippen LogP contribution in [0.5, 0.6) is 0 Å². The first-order valence-electron chi connectivity index (χ1n) is 46.7. The Morgan fingerprint density at radius 3 is 1.08 bits per heavy atom. The van der Waals surface area contributed by atoms with Gasteiger partial charge in [-0.15, -0.1) is 0 Å². The molecule has 0 N–H and O–H groups in total. The lowest BCUT2D eigenvalue weighted by molar-refractivity contribution is 1.19. The van der Waals surface area contributed by atoms with E-state index >= 15 is 0 Å². The van der Waals surface area contributed by atoms with Crippen molar-refractivity contribution in [3.05, 3.63) is 396 Å². The summed E-state index contributed by atoms with van der Waals surface area (Å²) >= 11 is 0. The average molecular weight is 1780 g/mol. The number of fused-ring (bicyclic) bond motifs is 21. The summed E-state index contributed by atoms with van der Waals surface area (Å²) in [5.74, 6) is 0. The van der Waals surface area contributed by atoms with Crippen LogP contribution in [0, 0.1) is 166 Å². The standard InChI is InChI=1S/3C16H15N.5C15H14N2/c1-10-4-5-15-13(6-10)9-14-7-11(2)12(3)8-16(14)17-15;1-10-4-5-13-9-14-7-11(2)12(3)8-16(14)17-15(13)6-10;1-10-8-14-12(3)13-6-4-5-7-15(13)17-16(14)9-11(10)2;1-9-6-12-4-5-13-7-10(2)11(3)17-15(13)14(12)16-8-9;1-9-8-16-15-13(11(9)3)7-6-12-5-4-10(2)17-14(12)15;1-9-8-13-7-6-12-5-4-10(2)16-14(12)15(13)17-11(9)3;1-9-6-7-16-14-12(9)4-5-13-11(3)10(2)8-17-15(13)14;1-9-6-7-16-15-13(9)5-4-12-8-10(2)11(3)17-14(12)15/h3*4-9H,1-3H3;5*4-8H,1-3H3. The highest BCUT2D eigenvalue weighted by atomic mass is 14.8. The molecule has 672 valence electrons. The molecule has 13 heteroatoms. The van der Waals surface area contributed by atoms with Crippen LogP contribution in [-0.4, -0.2) is 64.8 Å². The van der Waals surface area contributed by atoms with Gasteiger partial charge in [-0.25, -0.2) is 15.0 Å². The van der Waals surface area contributed by atoms with Crippen LogP contribution in [0.4, 0.5) is 0 Å². The fourth-order valence-corrected chi connectivity index (χ4v) is 17.6. The molecule has 24 aromatic rings. The molecule has 0 aliphatic carbocycles. The predicted octanol–water partition coefficient (Wildman–Crippen LogP) is 31.5. The molecule has 0 unspecified atom stereocenters. The summed E-state index contributed by atoms with van der Waals surface area (Å²) in [6, 6.07) is 81.2. The van der Waals surface area contributed by atoms with Gasteiger partial charge in [-0.1, -0.05) is 115 Å². The van der Waals surface area contributed by atoms with Crippen LogP contribution in [-0.2, 0) is 0 Å². The van der Waals surface area contributed by atoms with Gasteiger partial charge in [0.25, 0.3) is 0 Å². The van der Waals surface area contributed by atoms with Crippen LogP contribution in [0.2, 0.25) is 0 Å². The number of aryl methyl sites for hydroxylation is 24. The molecule has 13 nitrogen and oxygen atoms in total. The van der Waals surface area contributed by atoms with E-state index in [9.17, 15) is 0 Å². The second-order valence-corrected chi connectivity index (χ2v) is 37.2. The van der Waals surface area contributed by atoms with E-state index in [2.05, 4.69) is 382 Å². The minimum atomic E-state index is 0.996. The summed E-state index contributed by atoms with van der Waals surface area (Å²) < 4.78 is 0. The van der Waals surface area contributed by atoms with E-state index < -0.39 is 0 Å². The third kappa shape index (κ3) is 19.3. The Hall–Kier alpha value is -15.5. The topological polar surface area (TPSA) is 168 Å². The quantitative estimate of drug-likeness (QED) is 0.104. The molecular formula is C123H115N13. The van der Waals surface area contributed by atoms with Crippen LogP contribution < -0.4 is 0 Å². The van der Waals surface area contributed by atoms with Gasteiger partial charge >= 0.3 is 0 Å². The number of hydrogen-bond donors (Lipinski definition) is 0. The molecule has 0 aliphatic heterocycles. The zero-order valence-corrected chi connectivity index (χ0v) is 82.6. The van der Waals surface area contributed by atoms with Crippen LogP contribution in [0.3, 0.4) is 0 Å². The zero-order chi connectivity index (χ0) is 95.9. The number of nitrogens with zero attached hydrogens (tertiary/aromatic N) is 13. The van der Waals surface area contributed by atoms with Gasteiger partial charge in [-0.3, -0.25) is 49.8 Å². The van der Waals surface area contributed by atoms with Gasteiger partial charge in [0.2, 0.25) is 0 Å². The average Bonchev–Trinajstić information content (AvgIpc) is 0.756. The molecule has 0 bridgehead atoms. The fourth-order valence-electron chi connectivity index (χ4n) is 17.6. The second-order valence-electron chi connectivity index (χ2n) is 37.2. The number of para-hydroxylation sites is 1. The van der Waals surface area contributed by atoms with Crippen molar-refractivity contribution in [2.24, 2.45) is 0 Å². The van der Waals surface area contributed by atoms with Crippen molar-refractivity contribution < 1.29 is 0 Å². The van der Waals surface area contributed by atoms with Crippen molar-refractivity contribution >= 4 is 174 Å². The predicted molar refractivity (Wildman–Crippen MR) is 577 cm³/mol. The SMILES string of the molecule is Cc1cc2ccc3c(C)ccnc3c2nc1C.Cc1cc2nc3ccccc3c(C)c2cc1C.Cc1ccc2cc3cc(C)c(C)cc3nc2c1.Cc1ccc2ccc3c(C)c(C)cnc3c2n1.Cc1ccc2ccc3cc(C)c(C)nc3c2n1.Cc1ccc2nc3cc(C)c(C)cc3cc2c1.Cc1cnc2c(ccc3c(C)ccnc32)c1C.Cc1cnc2c(ccc3cc(C)c(C)nc32)c1. The normalized spacial score (nSPS) is 11.2. The van der Waals surface area contributed by atoms with E-state index in [1.54, 1.807) is 0 Å². The maximum atomic E-state index is 4.74. The third-order valence-electron chi connectivity index (χ3n) is 27.0. The Morgan fingerprint density at radius 2 is 0.507 bits per heavy atom. The van der Waals surface area contributed by atoms with Crippen molar-refractivity contribution in [3.8, 4) is 0 Å². The van der Waals surface area contributed by atoms with Gasteiger partial charge in [-0.2, -0.15) is 0 Å². The van der Waals surface area contributed by atoms with Gasteiger partial charge in [0.15, 0.2) is 0 Å².